The van der Waals surface area contributed by atoms with E-state index in [1.54, 1.807) is 47.2 Å². The summed E-state index contributed by atoms with van der Waals surface area (Å²) in [4.78, 5) is 33.3. The molecule has 0 unspecified atom stereocenters. The number of hydrogen-bond acceptors (Lipinski definition) is 8. The van der Waals surface area contributed by atoms with Crippen LogP contribution in [0.5, 0.6) is 0 Å². The quantitative estimate of drug-likeness (QED) is 0.214. The fourth-order valence-electron chi connectivity index (χ4n) is 6.53. The van der Waals surface area contributed by atoms with Crippen LogP contribution in [0.15, 0.2) is 56.6 Å². The molecule has 0 bridgehead atoms. The van der Waals surface area contributed by atoms with E-state index in [9.17, 15) is 14.7 Å². The Hall–Kier alpha value is -2.78. The number of aromatic nitrogens is 6. The van der Waals surface area contributed by atoms with Crippen LogP contribution in [0.1, 0.15) is 89.9 Å². The average Bonchev–Trinajstić information content (AvgIpc) is 3.64. The van der Waals surface area contributed by atoms with E-state index in [4.69, 9.17) is 9.84 Å². The molecule has 1 aliphatic carbocycles. The van der Waals surface area contributed by atoms with E-state index in [0.29, 0.717) is 71.5 Å². The van der Waals surface area contributed by atoms with Gasteiger partial charge in [-0.15, -0.1) is 0 Å². The van der Waals surface area contributed by atoms with Crippen molar-refractivity contribution < 1.29 is 71.6 Å². The molecule has 1 saturated carbocycles. The van der Waals surface area contributed by atoms with Gasteiger partial charge < -0.3 is 11.3 Å². The van der Waals surface area contributed by atoms with E-state index in [0.717, 1.165) is 12.1 Å². The Morgan fingerprint density at radius 2 is 1.88 bits per heavy atom. The summed E-state index contributed by atoms with van der Waals surface area (Å²) in [5.41, 5.74) is 1.98. The largest absolute Gasteiger partial charge is 1.00 e. The number of H-pyrrole nitrogens is 1. The van der Waals surface area contributed by atoms with Gasteiger partial charge in [-0.3, -0.25) is 18.9 Å². The maximum Gasteiger partial charge on any atom is 1.00 e. The summed E-state index contributed by atoms with van der Waals surface area (Å²) in [5.74, 6) is 0.189. The van der Waals surface area contributed by atoms with Crippen LogP contribution in [-0.2, 0) is 17.6 Å². The minimum Gasteiger partial charge on any atom is -1.00 e. The second kappa shape index (κ2) is 14.6. The van der Waals surface area contributed by atoms with Crippen molar-refractivity contribution in [3.63, 3.8) is 0 Å². The minimum absolute atomic E-state index is 0. The number of aliphatic hydroxyl groups is 1. The van der Waals surface area contributed by atoms with Gasteiger partial charge in [0.05, 0.1) is 23.5 Å². The third-order valence-electron chi connectivity index (χ3n) is 8.98. The van der Waals surface area contributed by atoms with E-state index in [1.165, 1.54) is 6.07 Å². The first kappa shape index (κ1) is 36.5. The first-order chi connectivity index (χ1) is 22.4. The molecule has 0 saturated heterocycles. The zero-order valence-corrected chi connectivity index (χ0v) is 31.6. The average molecular weight is 685 g/mol. The first-order valence-electron chi connectivity index (χ1n) is 16.2. The molecule has 6 rings (SSSR count). The van der Waals surface area contributed by atoms with Crippen LogP contribution in [0.4, 0.5) is 4.39 Å². The van der Waals surface area contributed by atoms with Crippen LogP contribution >= 0.6 is 0 Å². The van der Waals surface area contributed by atoms with Gasteiger partial charge in [0.15, 0.2) is 5.82 Å². The van der Waals surface area contributed by atoms with Gasteiger partial charge in [0.25, 0.3) is 5.56 Å². The van der Waals surface area contributed by atoms with Crippen molar-refractivity contribution >= 4 is 5.78 Å². The summed E-state index contributed by atoms with van der Waals surface area (Å²) >= 11 is 0. The van der Waals surface area contributed by atoms with Gasteiger partial charge in [0.1, 0.15) is 11.6 Å². The molecular formula is C35H42FKN6O5. The molecule has 250 valence electrons. The maximum atomic E-state index is 16.0. The third kappa shape index (κ3) is 7.67. The molecule has 1 fully saturated rings. The summed E-state index contributed by atoms with van der Waals surface area (Å²) in [5, 5.41) is 18.7. The fourth-order valence-corrected chi connectivity index (χ4v) is 6.53. The smallest absolute Gasteiger partial charge is 1.00 e. The third-order valence-corrected chi connectivity index (χ3v) is 8.98. The van der Waals surface area contributed by atoms with Crippen LogP contribution in [0.3, 0.4) is 0 Å². The Labute approximate surface area is 321 Å². The molecule has 0 amide bonds. The molecule has 2 aromatic carbocycles. The molecular weight excluding hydrogens is 643 g/mol. The molecule has 1 aliphatic rings. The molecule has 2 N–H and O–H groups in total. The Morgan fingerprint density at radius 3 is 2.50 bits per heavy atom. The molecule has 48 heavy (non-hydrogen) atoms. The van der Waals surface area contributed by atoms with Crippen LogP contribution in [0.25, 0.3) is 28.3 Å². The summed E-state index contributed by atoms with van der Waals surface area (Å²) < 4.78 is 30.3. The Bertz CT molecular complexity index is 2040. The van der Waals surface area contributed by atoms with Crippen molar-refractivity contribution in [2.75, 3.05) is 6.61 Å². The monoisotopic (exact) mass is 684 g/mol. The van der Waals surface area contributed by atoms with E-state index in [2.05, 4.69) is 26.6 Å². The topological polar surface area (TPSA) is 141 Å². The Kier molecular flexibility index (Phi) is 11.1. The standard InChI is InChI=1S/C35H41FN6O5.K.H/c1-6-9-29-27(18-23-13-12-22(19-28(23)36)25-10-7-8-11-26(25)30-38-33(44)47-40-30)31(43)41(32-37-21(2)39-42(29)32)24-14-16-35(5,17-15-24)46-20-34(3,4)45;;/h7-8,10-13,19,24,45H,6,9,14-18,20H2,1-5H3,(H,38,40,44);;/q;+1;-1. The number of hydrogen-bond donors (Lipinski definition) is 2. The minimum atomic E-state index is -0.930. The molecule has 3 heterocycles. The maximum absolute atomic E-state index is 16.0. The van der Waals surface area contributed by atoms with Gasteiger partial charge in [-0.25, -0.2) is 13.7 Å². The van der Waals surface area contributed by atoms with Gasteiger partial charge in [0, 0.05) is 23.6 Å². The van der Waals surface area contributed by atoms with Crippen molar-refractivity contribution in [2.24, 2.45) is 0 Å². The van der Waals surface area contributed by atoms with E-state index >= 15 is 4.39 Å². The van der Waals surface area contributed by atoms with Crippen LogP contribution in [-0.4, -0.2) is 52.2 Å². The van der Waals surface area contributed by atoms with Crippen molar-refractivity contribution in [3.05, 3.63) is 91.8 Å². The van der Waals surface area contributed by atoms with Gasteiger partial charge in [-0.2, -0.15) is 10.1 Å². The van der Waals surface area contributed by atoms with E-state index in [1.807, 2.05) is 26.0 Å². The number of ether oxygens (including phenoxy) is 1. The molecule has 3 aromatic heterocycles. The van der Waals surface area contributed by atoms with Crippen LogP contribution in [0, 0.1) is 12.7 Å². The molecule has 11 nitrogen and oxygen atoms in total. The number of aromatic amines is 1. The molecule has 0 aliphatic heterocycles. The second-order valence-electron chi connectivity index (χ2n) is 13.5. The Morgan fingerprint density at radius 1 is 1.17 bits per heavy atom. The van der Waals surface area contributed by atoms with Gasteiger partial charge in [-0.05, 0) is 82.6 Å². The van der Waals surface area contributed by atoms with E-state index in [-0.39, 0.29) is 83.3 Å². The number of halogens is 1. The summed E-state index contributed by atoms with van der Waals surface area (Å²) in [7, 11) is 0. The van der Waals surface area contributed by atoms with Gasteiger partial charge >= 0.3 is 57.1 Å². The molecule has 0 spiro atoms. The number of aryl methyl sites for hydroxylation is 2. The van der Waals surface area contributed by atoms with Crippen molar-refractivity contribution in [1.29, 1.82) is 0 Å². The molecule has 13 heteroatoms. The zero-order valence-electron chi connectivity index (χ0n) is 29.5. The van der Waals surface area contributed by atoms with Gasteiger partial charge in [0.2, 0.25) is 5.78 Å². The zero-order chi connectivity index (χ0) is 33.5. The number of rotatable bonds is 10. The summed E-state index contributed by atoms with van der Waals surface area (Å²) in [6, 6.07) is 12.0. The molecule has 0 radical (unpaired) electrons. The van der Waals surface area contributed by atoms with Gasteiger partial charge in [-0.1, -0.05) is 54.9 Å². The fraction of sp³-hybridized carbons (Fsp3) is 0.457. The number of benzene rings is 2. The second-order valence-corrected chi connectivity index (χ2v) is 13.5. The predicted molar refractivity (Wildman–Crippen MR) is 176 cm³/mol. The van der Waals surface area contributed by atoms with Crippen LogP contribution in [0.2, 0.25) is 0 Å². The molecule has 0 atom stereocenters. The van der Waals surface area contributed by atoms with Crippen molar-refractivity contribution in [1.82, 2.24) is 29.3 Å². The summed E-state index contributed by atoms with van der Waals surface area (Å²) in [6.07, 6.45) is 4.25. The number of fused-ring (bicyclic) bond motifs is 1. The van der Waals surface area contributed by atoms with Crippen LogP contribution < -0.4 is 62.7 Å². The summed E-state index contributed by atoms with van der Waals surface area (Å²) in [6.45, 7) is 9.58. The van der Waals surface area contributed by atoms with E-state index < -0.39 is 22.8 Å². The number of nitrogens with one attached hydrogen (secondary N) is 1. The number of nitrogens with zero attached hydrogens (tertiary/aromatic N) is 5. The van der Waals surface area contributed by atoms with Crippen molar-refractivity contribution in [2.45, 2.75) is 96.8 Å². The first-order valence-corrected chi connectivity index (χ1v) is 16.2. The molecule has 5 aromatic rings. The predicted octanol–water partition coefficient (Wildman–Crippen LogP) is 2.67. The van der Waals surface area contributed by atoms with Crippen molar-refractivity contribution in [3.8, 4) is 22.5 Å². The Balaban J connectivity index is 0.00000270. The normalized spacial score (nSPS) is 18.3. The SMILES string of the molecule is CCCc1c(Cc2ccc(-c3ccccc3-c3noc(=O)[nH]3)cc2F)c(=O)n(C2CCC(C)(OCC(C)(C)O)CC2)c2nc(C)nn12.[H-].[K+].